The molecule has 14 heavy (non-hydrogen) atoms. The first-order chi connectivity index (χ1) is 6.81. The van der Waals surface area contributed by atoms with Gasteiger partial charge in [0, 0.05) is 6.20 Å². The first-order valence-electron chi connectivity index (χ1n) is 4.83. The van der Waals surface area contributed by atoms with Crippen LogP contribution in [0.5, 0.6) is 0 Å². The summed E-state index contributed by atoms with van der Waals surface area (Å²) in [5.74, 6) is 0.120. The highest BCUT2D eigenvalue weighted by Gasteiger charge is 2.17. The van der Waals surface area contributed by atoms with Crippen molar-refractivity contribution in [2.75, 3.05) is 0 Å². The summed E-state index contributed by atoms with van der Waals surface area (Å²) in [6.07, 6.45) is 8.36. The average molecular weight is 194 g/mol. The summed E-state index contributed by atoms with van der Waals surface area (Å²) in [4.78, 5) is 0. The second-order valence-corrected chi connectivity index (χ2v) is 3.63. The van der Waals surface area contributed by atoms with Crippen molar-refractivity contribution in [3.05, 3.63) is 18.0 Å². The molecule has 1 saturated carbocycles. The van der Waals surface area contributed by atoms with Gasteiger partial charge in [-0.15, -0.1) is 0 Å². The summed E-state index contributed by atoms with van der Waals surface area (Å²) in [5, 5.41) is 15.6. The molecule has 3 N–H and O–H groups in total. The van der Waals surface area contributed by atoms with Gasteiger partial charge in [-0.3, -0.25) is 4.68 Å². The van der Waals surface area contributed by atoms with Gasteiger partial charge in [-0.05, 0) is 12.8 Å². The number of amidine groups is 1. The summed E-state index contributed by atoms with van der Waals surface area (Å²) in [6.45, 7) is 0. The summed E-state index contributed by atoms with van der Waals surface area (Å²) < 4.78 is 1.92. The predicted molar refractivity (Wildman–Crippen MR) is 52.2 cm³/mol. The Balaban J connectivity index is 2.16. The molecule has 1 aromatic heterocycles. The zero-order valence-corrected chi connectivity index (χ0v) is 7.93. The average Bonchev–Trinajstić information content (AvgIpc) is 2.86. The van der Waals surface area contributed by atoms with Crippen molar-refractivity contribution in [3.63, 3.8) is 0 Å². The first-order valence-corrected chi connectivity index (χ1v) is 4.83. The molecule has 1 aliphatic carbocycles. The van der Waals surface area contributed by atoms with E-state index < -0.39 is 0 Å². The fraction of sp³-hybridized carbons (Fsp3) is 0.556. The van der Waals surface area contributed by atoms with Crippen molar-refractivity contribution >= 4 is 5.84 Å². The Morgan fingerprint density at radius 3 is 2.93 bits per heavy atom. The van der Waals surface area contributed by atoms with E-state index in [-0.39, 0.29) is 5.84 Å². The number of nitrogens with zero attached hydrogens (tertiary/aromatic N) is 3. The predicted octanol–water partition coefficient (Wildman–Crippen LogP) is 1.09. The van der Waals surface area contributed by atoms with Crippen LogP contribution in [0.1, 0.15) is 37.3 Å². The van der Waals surface area contributed by atoms with E-state index in [2.05, 4.69) is 10.3 Å². The Bertz CT molecular complexity index is 338. The molecule has 0 amide bonds. The van der Waals surface area contributed by atoms with Crippen molar-refractivity contribution < 1.29 is 5.21 Å². The van der Waals surface area contributed by atoms with Crippen LogP contribution in [0.3, 0.4) is 0 Å². The second kappa shape index (κ2) is 3.69. The maximum Gasteiger partial charge on any atom is 0.173 e. The fourth-order valence-corrected chi connectivity index (χ4v) is 1.90. The molecule has 76 valence electrons. The lowest BCUT2D eigenvalue weighted by atomic mass is 10.2. The van der Waals surface area contributed by atoms with Crippen molar-refractivity contribution in [1.29, 1.82) is 0 Å². The molecule has 0 aromatic carbocycles. The molecule has 0 saturated heterocycles. The van der Waals surface area contributed by atoms with E-state index in [1.54, 1.807) is 6.20 Å². The van der Waals surface area contributed by atoms with E-state index in [1.807, 2.05) is 10.9 Å². The van der Waals surface area contributed by atoms with Crippen LogP contribution in [0.15, 0.2) is 17.5 Å². The molecular weight excluding hydrogens is 180 g/mol. The van der Waals surface area contributed by atoms with Crippen LogP contribution in [-0.2, 0) is 0 Å². The van der Waals surface area contributed by atoms with Crippen LogP contribution in [-0.4, -0.2) is 20.8 Å². The normalized spacial score (nSPS) is 19.0. The van der Waals surface area contributed by atoms with E-state index in [9.17, 15) is 0 Å². The van der Waals surface area contributed by atoms with Crippen molar-refractivity contribution in [3.8, 4) is 0 Å². The van der Waals surface area contributed by atoms with Crippen molar-refractivity contribution in [2.45, 2.75) is 31.7 Å². The second-order valence-electron chi connectivity index (χ2n) is 3.63. The molecule has 0 bridgehead atoms. The Labute approximate surface area is 82.2 Å². The highest BCUT2D eigenvalue weighted by molar-refractivity contribution is 5.96. The van der Waals surface area contributed by atoms with Gasteiger partial charge in [0.15, 0.2) is 5.84 Å². The lowest BCUT2D eigenvalue weighted by molar-refractivity contribution is 0.318. The smallest absolute Gasteiger partial charge is 0.173 e. The SMILES string of the molecule is N/C(=N/O)c1cnn(C2CCCC2)c1. The fourth-order valence-electron chi connectivity index (χ4n) is 1.90. The monoisotopic (exact) mass is 194 g/mol. The van der Waals surface area contributed by atoms with Gasteiger partial charge in [-0.25, -0.2) is 0 Å². The summed E-state index contributed by atoms with van der Waals surface area (Å²) in [5.41, 5.74) is 6.13. The highest BCUT2D eigenvalue weighted by atomic mass is 16.4. The van der Waals surface area contributed by atoms with E-state index in [0.29, 0.717) is 11.6 Å². The van der Waals surface area contributed by atoms with Crippen LogP contribution in [0, 0.1) is 0 Å². The Hall–Kier alpha value is -1.52. The maximum atomic E-state index is 8.49. The van der Waals surface area contributed by atoms with E-state index >= 15 is 0 Å². The molecular formula is C9H14N4O. The molecule has 1 heterocycles. The molecule has 0 unspecified atom stereocenters. The molecule has 0 radical (unpaired) electrons. The molecule has 0 spiro atoms. The number of hydrogen-bond donors (Lipinski definition) is 2. The molecule has 2 rings (SSSR count). The first kappa shape index (κ1) is 9.05. The van der Waals surface area contributed by atoms with Gasteiger partial charge >= 0.3 is 0 Å². The van der Waals surface area contributed by atoms with Crippen molar-refractivity contribution in [2.24, 2.45) is 10.9 Å². The zero-order chi connectivity index (χ0) is 9.97. The molecule has 5 nitrogen and oxygen atoms in total. The molecule has 1 aliphatic rings. The van der Waals surface area contributed by atoms with Gasteiger partial charge in [0.2, 0.25) is 0 Å². The minimum Gasteiger partial charge on any atom is -0.409 e. The molecule has 1 fully saturated rings. The van der Waals surface area contributed by atoms with Gasteiger partial charge in [0.25, 0.3) is 0 Å². The third-order valence-electron chi connectivity index (χ3n) is 2.70. The molecule has 0 atom stereocenters. The molecule has 5 heteroatoms. The summed E-state index contributed by atoms with van der Waals surface area (Å²) in [7, 11) is 0. The van der Waals surface area contributed by atoms with Gasteiger partial charge in [-0.1, -0.05) is 18.0 Å². The van der Waals surface area contributed by atoms with Crippen LogP contribution in [0.25, 0.3) is 0 Å². The third kappa shape index (κ3) is 1.57. The third-order valence-corrected chi connectivity index (χ3v) is 2.70. The minimum atomic E-state index is 0.120. The molecule has 0 aliphatic heterocycles. The van der Waals surface area contributed by atoms with E-state index in [0.717, 1.165) is 0 Å². The quantitative estimate of drug-likeness (QED) is 0.320. The Kier molecular flexibility index (Phi) is 2.39. The largest absolute Gasteiger partial charge is 0.409 e. The number of oxime groups is 1. The molecule has 1 aromatic rings. The number of aromatic nitrogens is 2. The van der Waals surface area contributed by atoms with Gasteiger partial charge in [0.1, 0.15) is 0 Å². The van der Waals surface area contributed by atoms with E-state index in [4.69, 9.17) is 10.9 Å². The summed E-state index contributed by atoms with van der Waals surface area (Å²) >= 11 is 0. The number of nitrogens with two attached hydrogens (primary N) is 1. The van der Waals surface area contributed by atoms with E-state index in [1.165, 1.54) is 25.7 Å². The standard InChI is InChI=1S/C9H14N4O/c10-9(12-14)7-5-11-13(6-7)8-3-1-2-4-8/h5-6,8,14H,1-4H2,(H2,10,12). The van der Waals surface area contributed by atoms with Crippen LogP contribution in [0.4, 0.5) is 0 Å². The van der Waals surface area contributed by atoms with Crippen LogP contribution < -0.4 is 5.73 Å². The summed E-state index contributed by atoms with van der Waals surface area (Å²) in [6, 6.07) is 0.496. The van der Waals surface area contributed by atoms with Gasteiger partial charge in [-0.2, -0.15) is 5.10 Å². The lowest BCUT2D eigenvalue weighted by Crippen LogP contribution is -2.12. The Morgan fingerprint density at radius 1 is 1.57 bits per heavy atom. The van der Waals surface area contributed by atoms with Crippen LogP contribution in [0.2, 0.25) is 0 Å². The lowest BCUT2D eigenvalue weighted by Gasteiger charge is -2.08. The van der Waals surface area contributed by atoms with Gasteiger partial charge < -0.3 is 10.9 Å². The van der Waals surface area contributed by atoms with Gasteiger partial charge in [0.05, 0.1) is 17.8 Å². The highest BCUT2D eigenvalue weighted by Crippen LogP contribution is 2.28. The topological polar surface area (TPSA) is 76.4 Å². The number of hydrogen-bond acceptors (Lipinski definition) is 3. The maximum absolute atomic E-state index is 8.49. The minimum absolute atomic E-state index is 0.120. The van der Waals surface area contributed by atoms with Crippen LogP contribution >= 0.6 is 0 Å². The zero-order valence-electron chi connectivity index (χ0n) is 7.93. The Morgan fingerprint density at radius 2 is 2.29 bits per heavy atom. The number of rotatable bonds is 2. The van der Waals surface area contributed by atoms with Crippen molar-refractivity contribution in [1.82, 2.24) is 9.78 Å².